The van der Waals surface area contributed by atoms with Gasteiger partial charge in [-0.2, -0.15) is 0 Å². The van der Waals surface area contributed by atoms with E-state index in [0.717, 1.165) is 23.7 Å². The third kappa shape index (κ3) is 2.83. The molecule has 5 rings (SSSR count). The lowest BCUT2D eigenvalue weighted by atomic mass is 9.32. The molecule has 5 aliphatic carbocycles. The van der Waals surface area contributed by atoms with E-state index in [9.17, 15) is 5.11 Å². The molecule has 11 unspecified atom stereocenters. The van der Waals surface area contributed by atoms with E-state index in [1.165, 1.54) is 51.4 Å². The smallest absolute Gasteiger partial charge is 0.0490 e. The van der Waals surface area contributed by atoms with Crippen LogP contribution in [0.15, 0.2) is 11.6 Å². The van der Waals surface area contributed by atoms with E-state index in [0.29, 0.717) is 45.5 Å². The molecule has 194 valence electrons. The highest BCUT2D eigenvalue weighted by atomic mass is 16.3. The van der Waals surface area contributed by atoms with E-state index < -0.39 is 0 Å². The molecule has 0 amide bonds. The van der Waals surface area contributed by atoms with Crippen molar-refractivity contribution in [3.63, 3.8) is 0 Å². The summed E-state index contributed by atoms with van der Waals surface area (Å²) in [7, 11) is 0. The van der Waals surface area contributed by atoms with Gasteiger partial charge in [-0.3, -0.25) is 0 Å². The molecule has 0 aromatic heterocycles. The molecule has 1 nitrogen and oxygen atoms in total. The van der Waals surface area contributed by atoms with Gasteiger partial charge in [-0.15, -0.1) is 0 Å². The van der Waals surface area contributed by atoms with E-state index in [1.807, 2.05) is 5.57 Å². The summed E-state index contributed by atoms with van der Waals surface area (Å²) in [6.07, 6.45) is 13.6. The predicted octanol–water partition coefficient (Wildman–Crippen LogP) is 8.91. The van der Waals surface area contributed by atoms with Gasteiger partial charge in [-0.05, 0) is 119 Å². The van der Waals surface area contributed by atoms with Gasteiger partial charge in [0.05, 0.1) is 0 Å². The molecule has 0 bridgehead atoms. The van der Waals surface area contributed by atoms with Crippen LogP contribution < -0.4 is 0 Å². The van der Waals surface area contributed by atoms with Crippen LogP contribution in [0.2, 0.25) is 0 Å². The number of aliphatic hydroxyl groups is 1. The number of aliphatic hydroxyl groups excluding tert-OH is 1. The average Bonchev–Trinajstić information content (AvgIpc) is 2.77. The highest BCUT2D eigenvalue weighted by Gasteiger charge is 2.68. The van der Waals surface area contributed by atoms with E-state index >= 15 is 0 Å². The lowest BCUT2D eigenvalue weighted by Gasteiger charge is -2.72. The Labute approximate surface area is 211 Å². The molecular weight excluding hydrogens is 412 g/mol. The van der Waals surface area contributed by atoms with E-state index in [2.05, 4.69) is 75.3 Å². The normalized spacial score (nSPS) is 58.6. The molecule has 0 aromatic rings. The Morgan fingerprint density at radius 3 is 2.12 bits per heavy atom. The minimum atomic E-state index is 0.0866. The van der Waals surface area contributed by atoms with E-state index in [4.69, 9.17) is 0 Å². The van der Waals surface area contributed by atoms with Crippen molar-refractivity contribution in [3.05, 3.63) is 11.6 Å². The SMILES string of the molecule is CC1C(C)C2(C)CCC3(C)C(=CCC4C5(C)CCC(C)C(C)(CO)C5CCC43C)C2CC1(C)C. The molecule has 0 aromatic carbocycles. The summed E-state index contributed by atoms with van der Waals surface area (Å²) in [4.78, 5) is 0. The van der Waals surface area contributed by atoms with Gasteiger partial charge in [0.1, 0.15) is 0 Å². The second-order valence-corrected chi connectivity index (χ2v) is 16.2. The van der Waals surface area contributed by atoms with Crippen molar-refractivity contribution in [2.75, 3.05) is 6.61 Å². The zero-order valence-electron chi connectivity index (χ0n) is 24.4. The number of rotatable bonds is 1. The topological polar surface area (TPSA) is 20.2 Å². The lowest BCUT2D eigenvalue weighted by Crippen LogP contribution is -2.65. The molecule has 5 aliphatic rings. The van der Waals surface area contributed by atoms with Crippen LogP contribution in [0.4, 0.5) is 0 Å². The fourth-order valence-corrected chi connectivity index (χ4v) is 11.7. The summed E-state index contributed by atoms with van der Waals surface area (Å²) < 4.78 is 0. The molecular formula is C33H56O. The Hall–Kier alpha value is -0.300. The van der Waals surface area contributed by atoms with Crippen LogP contribution in [-0.2, 0) is 0 Å². The third-order valence-corrected chi connectivity index (χ3v) is 15.3. The summed E-state index contributed by atoms with van der Waals surface area (Å²) in [6, 6.07) is 0. The molecule has 1 heteroatoms. The number of allylic oxidation sites excluding steroid dienone is 2. The molecule has 4 saturated carbocycles. The quantitative estimate of drug-likeness (QED) is 0.381. The van der Waals surface area contributed by atoms with E-state index in [1.54, 1.807) is 0 Å². The van der Waals surface area contributed by atoms with Gasteiger partial charge >= 0.3 is 0 Å². The number of fused-ring (bicyclic) bond motifs is 7. The molecule has 0 heterocycles. The Balaban J connectivity index is 1.58. The van der Waals surface area contributed by atoms with Crippen molar-refractivity contribution in [2.24, 2.45) is 68.0 Å². The van der Waals surface area contributed by atoms with Crippen LogP contribution in [0, 0.1) is 68.0 Å². The lowest BCUT2D eigenvalue weighted by molar-refractivity contribution is -0.204. The van der Waals surface area contributed by atoms with Gasteiger partial charge < -0.3 is 5.11 Å². The Kier molecular flexibility index (Phi) is 5.51. The summed E-state index contributed by atoms with van der Waals surface area (Å²) in [5, 5.41) is 10.6. The highest BCUT2D eigenvalue weighted by Crippen LogP contribution is 2.76. The van der Waals surface area contributed by atoms with Gasteiger partial charge in [0.25, 0.3) is 0 Å². The largest absolute Gasteiger partial charge is 0.396 e. The monoisotopic (exact) mass is 468 g/mol. The molecule has 4 fully saturated rings. The van der Waals surface area contributed by atoms with Crippen LogP contribution in [0.1, 0.15) is 121 Å². The number of hydrogen-bond donors (Lipinski definition) is 1. The maximum Gasteiger partial charge on any atom is 0.0490 e. The molecule has 11 atom stereocenters. The van der Waals surface area contributed by atoms with Crippen LogP contribution >= 0.6 is 0 Å². The van der Waals surface area contributed by atoms with Crippen molar-refractivity contribution >= 4 is 0 Å². The standard InChI is InChI=1S/C33H56O/c1-21-13-15-30(7)26(31(21,8)20-34)14-16-33(10)27(30)12-11-24-25-19-28(4,5)22(2)23(3)29(25,6)17-18-32(24,33)9/h11,21-23,25-27,34H,12-20H2,1-10H3. The fourth-order valence-electron chi connectivity index (χ4n) is 11.7. The summed E-state index contributed by atoms with van der Waals surface area (Å²) in [6.45, 7) is 26.2. The second-order valence-electron chi connectivity index (χ2n) is 16.2. The maximum absolute atomic E-state index is 10.6. The first-order chi connectivity index (χ1) is 15.6. The van der Waals surface area contributed by atoms with Crippen molar-refractivity contribution in [1.29, 1.82) is 0 Å². The zero-order chi connectivity index (χ0) is 25.1. The molecule has 0 saturated heterocycles. The first-order valence-corrected chi connectivity index (χ1v) is 14.9. The predicted molar refractivity (Wildman–Crippen MR) is 144 cm³/mol. The molecule has 0 aliphatic heterocycles. The second kappa shape index (κ2) is 7.39. The average molecular weight is 469 g/mol. The van der Waals surface area contributed by atoms with Crippen molar-refractivity contribution < 1.29 is 5.11 Å². The van der Waals surface area contributed by atoms with E-state index in [-0.39, 0.29) is 5.41 Å². The van der Waals surface area contributed by atoms with Crippen LogP contribution in [0.5, 0.6) is 0 Å². The first-order valence-electron chi connectivity index (χ1n) is 14.9. The third-order valence-electron chi connectivity index (χ3n) is 15.3. The molecule has 0 spiro atoms. The number of hydrogen-bond acceptors (Lipinski definition) is 1. The maximum atomic E-state index is 10.6. The van der Waals surface area contributed by atoms with Crippen LogP contribution in [0.3, 0.4) is 0 Å². The molecule has 0 radical (unpaired) electrons. The molecule has 1 N–H and O–H groups in total. The van der Waals surface area contributed by atoms with Crippen molar-refractivity contribution in [1.82, 2.24) is 0 Å². The van der Waals surface area contributed by atoms with Gasteiger partial charge in [0, 0.05) is 6.61 Å². The van der Waals surface area contributed by atoms with Gasteiger partial charge in [0.2, 0.25) is 0 Å². The van der Waals surface area contributed by atoms with Gasteiger partial charge in [-0.1, -0.05) is 80.9 Å². The summed E-state index contributed by atoms with van der Waals surface area (Å²) in [5.41, 5.74) is 3.93. The zero-order valence-corrected chi connectivity index (χ0v) is 24.4. The summed E-state index contributed by atoms with van der Waals surface area (Å²) >= 11 is 0. The van der Waals surface area contributed by atoms with Gasteiger partial charge in [0.15, 0.2) is 0 Å². The first kappa shape index (κ1) is 25.4. The summed E-state index contributed by atoms with van der Waals surface area (Å²) in [5.74, 6) is 4.38. The molecule has 34 heavy (non-hydrogen) atoms. The van der Waals surface area contributed by atoms with Crippen molar-refractivity contribution in [3.8, 4) is 0 Å². The Bertz CT molecular complexity index is 870. The minimum Gasteiger partial charge on any atom is -0.396 e. The van der Waals surface area contributed by atoms with Crippen LogP contribution in [0.25, 0.3) is 0 Å². The Morgan fingerprint density at radius 2 is 1.47 bits per heavy atom. The highest BCUT2D eigenvalue weighted by molar-refractivity contribution is 5.34. The minimum absolute atomic E-state index is 0.0866. The van der Waals surface area contributed by atoms with Gasteiger partial charge in [-0.25, -0.2) is 0 Å². The van der Waals surface area contributed by atoms with Crippen LogP contribution in [-0.4, -0.2) is 11.7 Å². The fraction of sp³-hybridized carbons (Fsp3) is 0.939. The van der Waals surface area contributed by atoms with Crippen molar-refractivity contribution in [2.45, 2.75) is 121 Å². The Morgan fingerprint density at radius 1 is 0.794 bits per heavy atom.